The molecule has 0 unspecified atom stereocenters. The SMILES string of the molecule is C[C@H]1C[C@@H]1c1cc(N)cc(F)c1. The van der Waals surface area contributed by atoms with E-state index in [9.17, 15) is 4.39 Å². The summed E-state index contributed by atoms with van der Waals surface area (Å²) in [7, 11) is 0. The lowest BCUT2D eigenvalue weighted by Gasteiger charge is -2.00. The number of rotatable bonds is 1. The summed E-state index contributed by atoms with van der Waals surface area (Å²) in [5, 5.41) is 0. The highest BCUT2D eigenvalue weighted by Gasteiger charge is 2.34. The number of halogens is 1. The molecule has 12 heavy (non-hydrogen) atoms. The van der Waals surface area contributed by atoms with E-state index in [0.717, 1.165) is 5.56 Å². The lowest BCUT2D eigenvalue weighted by molar-refractivity contribution is 0.626. The van der Waals surface area contributed by atoms with Gasteiger partial charge < -0.3 is 5.73 Å². The minimum Gasteiger partial charge on any atom is -0.399 e. The van der Waals surface area contributed by atoms with Crippen LogP contribution >= 0.6 is 0 Å². The van der Waals surface area contributed by atoms with Crippen molar-refractivity contribution in [3.63, 3.8) is 0 Å². The van der Waals surface area contributed by atoms with Crippen molar-refractivity contribution in [2.24, 2.45) is 5.92 Å². The van der Waals surface area contributed by atoms with Gasteiger partial charge in [-0.25, -0.2) is 4.39 Å². The Balaban J connectivity index is 2.32. The Hall–Kier alpha value is -1.05. The van der Waals surface area contributed by atoms with Crippen LogP contribution in [0.2, 0.25) is 0 Å². The summed E-state index contributed by atoms with van der Waals surface area (Å²) in [5.41, 5.74) is 7.12. The first kappa shape index (κ1) is 7.59. The molecule has 0 radical (unpaired) electrons. The maximum absolute atomic E-state index is 12.9. The maximum Gasteiger partial charge on any atom is 0.125 e. The summed E-state index contributed by atoms with van der Waals surface area (Å²) in [6.07, 6.45) is 1.17. The molecule has 1 fully saturated rings. The Kier molecular flexibility index (Phi) is 1.56. The van der Waals surface area contributed by atoms with Crippen LogP contribution in [-0.4, -0.2) is 0 Å². The van der Waals surface area contributed by atoms with E-state index in [1.807, 2.05) is 6.07 Å². The molecule has 0 amide bonds. The average Bonchev–Trinajstić information content (AvgIpc) is 2.64. The van der Waals surface area contributed by atoms with E-state index in [0.29, 0.717) is 17.5 Å². The predicted molar refractivity (Wildman–Crippen MR) is 47.3 cm³/mol. The van der Waals surface area contributed by atoms with Crippen LogP contribution in [0.15, 0.2) is 18.2 Å². The van der Waals surface area contributed by atoms with Crippen molar-refractivity contribution in [3.05, 3.63) is 29.6 Å². The number of nitrogen functional groups attached to an aromatic ring is 1. The number of hydrogen-bond donors (Lipinski definition) is 1. The van der Waals surface area contributed by atoms with Gasteiger partial charge in [0.2, 0.25) is 0 Å². The standard InChI is InChI=1S/C10H12FN/c1-6-2-10(6)7-3-8(11)5-9(12)4-7/h3-6,10H,2,12H2,1H3/t6-,10-/m0/s1. The first-order valence-electron chi connectivity index (χ1n) is 4.23. The van der Waals surface area contributed by atoms with Crippen LogP contribution in [0.3, 0.4) is 0 Å². The molecule has 2 heteroatoms. The van der Waals surface area contributed by atoms with Crippen LogP contribution in [0.25, 0.3) is 0 Å². The van der Waals surface area contributed by atoms with Crippen LogP contribution in [0, 0.1) is 11.7 Å². The third-order valence-electron chi connectivity index (χ3n) is 2.48. The summed E-state index contributed by atoms with van der Waals surface area (Å²) in [6, 6.07) is 4.82. The molecule has 1 aromatic rings. The van der Waals surface area contributed by atoms with Gasteiger partial charge in [-0.05, 0) is 42.0 Å². The quantitative estimate of drug-likeness (QED) is 0.636. The largest absolute Gasteiger partial charge is 0.399 e. The topological polar surface area (TPSA) is 26.0 Å². The van der Waals surface area contributed by atoms with Crippen LogP contribution in [-0.2, 0) is 0 Å². The van der Waals surface area contributed by atoms with Crippen molar-refractivity contribution in [2.45, 2.75) is 19.3 Å². The summed E-state index contributed by atoms with van der Waals surface area (Å²) in [5.74, 6) is 1.03. The van der Waals surface area contributed by atoms with E-state index in [1.165, 1.54) is 12.5 Å². The zero-order valence-corrected chi connectivity index (χ0v) is 7.05. The Morgan fingerprint density at radius 1 is 1.42 bits per heavy atom. The molecule has 0 bridgehead atoms. The van der Waals surface area contributed by atoms with Crippen molar-refractivity contribution in [1.82, 2.24) is 0 Å². The van der Waals surface area contributed by atoms with Gasteiger partial charge in [-0.3, -0.25) is 0 Å². The average molecular weight is 165 g/mol. The molecular weight excluding hydrogens is 153 g/mol. The molecule has 0 aliphatic heterocycles. The molecule has 0 spiro atoms. The van der Waals surface area contributed by atoms with E-state index in [2.05, 4.69) is 6.92 Å². The highest BCUT2D eigenvalue weighted by Crippen LogP contribution is 2.47. The molecule has 1 nitrogen and oxygen atoms in total. The number of hydrogen-bond acceptors (Lipinski definition) is 1. The molecule has 0 saturated heterocycles. The molecule has 0 aromatic heterocycles. The maximum atomic E-state index is 12.9. The van der Waals surface area contributed by atoms with Gasteiger partial charge in [0.1, 0.15) is 5.82 Å². The summed E-state index contributed by atoms with van der Waals surface area (Å²) in [6.45, 7) is 2.17. The molecule has 1 aliphatic carbocycles. The van der Waals surface area contributed by atoms with Gasteiger partial charge in [0, 0.05) is 5.69 Å². The molecule has 1 aromatic carbocycles. The Morgan fingerprint density at radius 2 is 2.08 bits per heavy atom. The fourth-order valence-corrected chi connectivity index (χ4v) is 1.64. The lowest BCUT2D eigenvalue weighted by atomic mass is 10.1. The van der Waals surface area contributed by atoms with Gasteiger partial charge in [0.05, 0.1) is 0 Å². The zero-order chi connectivity index (χ0) is 8.72. The summed E-state index contributed by atoms with van der Waals surface area (Å²) >= 11 is 0. The van der Waals surface area contributed by atoms with Gasteiger partial charge in [-0.1, -0.05) is 6.92 Å². The normalized spacial score (nSPS) is 27.2. The third kappa shape index (κ3) is 1.29. The van der Waals surface area contributed by atoms with E-state index in [4.69, 9.17) is 5.73 Å². The van der Waals surface area contributed by atoms with Crippen LogP contribution in [0.4, 0.5) is 10.1 Å². The molecule has 2 atom stereocenters. The fourth-order valence-electron chi connectivity index (χ4n) is 1.64. The number of anilines is 1. The van der Waals surface area contributed by atoms with E-state index in [1.54, 1.807) is 6.07 Å². The van der Waals surface area contributed by atoms with Crippen LogP contribution in [0.1, 0.15) is 24.8 Å². The highest BCUT2D eigenvalue weighted by atomic mass is 19.1. The van der Waals surface area contributed by atoms with Crippen molar-refractivity contribution in [1.29, 1.82) is 0 Å². The molecule has 0 heterocycles. The number of nitrogens with two attached hydrogens (primary N) is 1. The Labute approximate surface area is 71.4 Å². The van der Waals surface area contributed by atoms with Crippen molar-refractivity contribution in [2.75, 3.05) is 5.73 Å². The van der Waals surface area contributed by atoms with Crippen LogP contribution < -0.4 is 5.73 Å². The fraction of sp³-hybridized carbons (Fsp3) is 0.400. The van der Waals surface area contributed by atoms with E-state index >= 15 is 0 Å². The van der Waals surface area contributed by atoms with Crippen molar-refractivity contribution >= 4 is 5.69 Å². The molecular formula is C10H12FN. The molecule has 1 saturated carbocycles. The van der Waals surface area contributed by atoms with Gasteiger partial charge in [0.25, 0.3) is 0 Å². The first-order chi connectivity index (χ1) is 5.66. The second-order valence-corrected chi connectivity index (χ2v) is 3.64. The monoisotopic (exact) mass is 165 g/mol. The predicted octanol–water partition coefficient (Wildman–Crippen LogP) is 2.53. The van der Waals surface area contributed by atoms with E-state index < -0.39 is 0 Å². The van der Waals surface area contributed by atoms with Gasteiger partial charge in [-0.2, -0.15) is 0 Å². The molecule has 1 aliphatic rings. The zero-order valence-electron chi connectivity index (χ0n) is 7.05. The smallest absolute Gasteiger partial charge is 0.125 e. The molecule has 64 valence electrons. The molecule has 2 N–H and O–H groups in total. The van der Waals surface area contributed by atoms with Crippen molar-refractivity contribution in [3.8, 4) is 0 Å². The minimum atomic E-state index is -0.218. The Morgan fingerprint density at radius 3 is 2.58 bits per heavy atom. The highest BCUT2D eigenvalue weighted by molar-refractivity contribution is 5.43. The second-order valence-electron chi connectivity index (χ2n) is 3.64. The van der Waals surface area contributed by atoms with Gasteiger partial charge >= 0.3 is 0 Å². The van der Waals surface area contributed by atoms with E-state index in [-0.39, 0.29) is 5.82 Å². The third-order valence-corrected chi connectivity index (χ3v) is 2.48. The first-order valence-corrected chi connectivity index (χ1v) is 4.23. The molecule has 2 rings (SSSR count). The second kappa shape index (κ2) is 2.47. The van der Waals surface area contributed by atoms with Crippen LogP contribution in [0.5, 0.6) is 0 Å². The van der Waals surface area contributed by atoms with Gasteiger partial charge in [-0.15, -0.1) is 0 Å². The van der Waals surface area contributed by atoms with Crippen molar-refractivity contribution < 1.29 is 4.39 Å². The lowest BCUT2D eigenvalue weighted by Crippen LogP contribution is -1.90. The summed E-state index contributed by atoms with van der Waals surface area (Å²) in [4.78, 5) is 0. The number of benzene rings is 1. The Bertz CT molecular complexity index is 288. The minimum absolute atomic E-state index is 0.218. The summed E-state index contributed by atoms with van der Waals surface area (Å²) < 4.78 is 12.9. The van der Waals surface area contributed by atoms with Gasteiger partial charge in [0.15, 0.2) is 0 Å².